The lowest BCUT2D eigenvalue weighted by Crippen LogP contribution is -2.57. The molecule has 1 unspecified atom stereocenters. The van der Waals surface area contributed by atoms with E-state index in [0.29, 0.717) is 13.1 Å². The van der Waals surface area contributed by atoms with Gasteiger partial charge in [0.05, 0.1) is 5.69 Å². The Morgan fingerprint density at radius 3 is 2.85 bits per heavy atom. The molecule has 2 heterocycles. The lowest BCUT2D eigenvalue weighted by molar-refractivity contribution is -0.127. The Morgan fingerprint density at radius 2 is 2.25 bits per heavy atom. The van der Waals surface area contributed by atoms with Crippen LogP contribution in [0.5, 0.6) is 0 Å². The van der Waals surface area contributed by atoms with Crippen LogP contribution in [0.4, 0.5) is 0 Å². The van der Waals surface area contributed by atoms with Gasteiger partial charge < -0.3 is 10.6 Å². The van der Waals surface area contributed by atoms with Crippen LogP contribution in [0, 0.1) is 13.8 Å². The molecule has 1 saturated heterocycles. The second-order valence-corrected chi connectivity index (χ2v) is 5.36. The summed E-state index contributed by atoms with van der Waals surface area (Å²) in [4.78, 5) is 14.4. The van der Waals surface area contributed by atoms with Crippen LogP contribution in [-0.4, -0.2) is 52.8 Å². The van der Waals surface area contributed by atoms with Gasteiger partial charge >= 0.3 is 0 Å². The highest BCUT2D eigenvalue weighted by Crippen LogP contribution is 2.17. The zero-order valence-corrected chi connectivity index (χ0v) is 12.9. The first-order valence-electron chi connectivity index (χ1n) is 7.26. The molecule has 112 valence electrons. The van der Waals surface area contributed by atoms with Crippen LogP contribution >= 0.6 is 0 Å². The monoisotopic (exact) mass is 279 g/mol. The summed E-state index contributed by atoms with van der Waals surface area (Å²) in [7, 11) is 1.96. The molecule has 1 fully saturated rings. The number of hydrogen-bond acceptors (Lipinski definition) is 4. The lowest BCUT2D eigenvalue weighted by atomic mass is 10.1. The van der Waals surface area contributed by atoms with Gasteiger partial charge in [0, 0.05) is 51.0 Å². The number of likely N-dealkylation sites (N-methyl/N-ethyl adjacent to an activating group) is 1. The quantitative estimate of drug-likeness (QED) is 0.811. The Labute approximate surface area is 120 Å². The highest BCUT2D eigenvalue weighted by Gasteiger charge is 2.29. The van der Waals surface area contributed by atoms with E-state index < -0.39 is 0 Å². The molecule has 6 heteroatoms. The molecule has 1 aliphatic heterocycles. The minimum atomic E-state index is -0.0947. The zero-order valence-electron chi connectivity index (χ0n) is 12.9. The molecule has 2 rings (SSSR count). The van der Waals surface area contributed by atoms with Gasteiger partial charge in [0.15, 0.2) is 0 Å². The summed E-state index contributed by atoms with van der Waals surface area (Å²) in [5.41, 5.74) is 3.47. The Bertz CT molecular complexity index is 482. The first-order chi connectivity index (χ1) is 9.54. The van der Waals surface area contributed by atoms with Crippen LogP contribution in [0.2, 0.25) is 0 Å². The average Bonchev–Trinajstić information content (AvgIpc) is 2.66. The minimum Gasteiger partial charge on any atom is -0.355 e. The van der Waals surface area contributed by atoms with E-state index in [9.17, 15) is 4.79 Å². The van der Waals surface area contributed by atoms with Crippen LogP contribution < -0.4 is 10.6 Å². The predicted molar refractivity (Wildman–Crippen MR) is 78.4 cm³/mol. The molecular formula is C14H25N5O. The molecule has 1 aromatic rings. The maximum atomic E-state index is 12.2. The maximum absolute atomic E-state index is 12.2. The molecule has 1 atom stereocenters. The topological polar surface area (TPSA) is 62.2 Å². The molecule has 0 bridgehead atoms. The third kappa shape index (κ3) is 3.02. The molecule has 20 heavy (non-hydrogen) atoms. The van der Waals surface area contributed by atoms with Gasteiger partial charge in [-0.1, -0.05) is 0 Å². The van der Waals surface area contributed by atoms with Gasteiger partial charge in [-0.3, -0.25) is 14.4 Å². The molecular weight excluding hydrogens is 254 g/mol. The van der Waals surface area contributed by atoms with Gasteiger partial charge in [-0.25, -0.2) is 0 Å². The zero-order chi connectivity index (χ0) is 14.7. The molecule has 0 saturated carbocycles. The predicted octanol–water partition coefficient (Wildman–Crippen LogP) is -0.0532. The number of carbonyl (C=O) groups is 1. The van der Waals surface area contributed by atoms with Crippen molar-refractivity contribution in [3.63, 3.8) is 0 Å². The Kier molecular flexibility index (Phi) is 4.77. The molecule has 1 aliphatic rings. The molecule has 0 radical (unpaired) electrons. The molecule has 0 aromatic carbocycles. The van der Waals surface area contributed by atoms with Crippen LogP contribution in [0.15, 0.2) is 0 Å². The van der Waals surface area contributed by atoms with Gasteiger partial charge in [0.1, 0.15) is 6.04 Å². The van der Waals surface area contributed by atoms with E-state index in [4.69, 9.17) is 0 Å². The Hall–Kier alpha value is -1.40. The second-order valence-electron chi connectivity index (χ2n) is 5.36. The number of nitrogens with one attached hydrogen (secondary N) is 2. The summed E-state index contributed by atoms with van der Waals surface area (Å²) in [6, 6.07) is -0.0947. The number of piperazine rings is 1. The van der Waals surface area contributed by atoms with E-state index in [2.05, 4.69) is 27.6 Å². The smallest absolute Gasteiger partial charge is 0.238 e. The van der Waals surface area contributed by atoms with E-state index in [1.807, 2.05) is 25.6 Å². The van der Waals surface area contributed by atoms with Crippen molar-refractivity contribution in [2.24, 2.45) is 7.05 Å². The number of carbonyl (C=O) groups excluding carboxylic acids is 1. The number of aromatic nitrogens is 2. The van der Waals surface area contributed by atoms with Crippen molar-refractivity contribution < 1.29 is 4.79 Å². The van der Waals surface area contributed by atoms with Gasteiger partial charge in [-0.05, 0) is 20.8 Å². The summed E-state index contributed by atoms with van der Waals surface area (Å²) in [5, 5.41) is 10.7. The second kappa shape index (κ2) is 6.37. The lowest BCUT2D eigenvalue weighted by Gasteiger charge is -2.35. The van der Waals surface area contributed by atoms with E-state index in [1.54, 1.807) is 0 Å². The minimum absolute atomic E-state index is 0.0947. The molecule has 1 aromatic heterocycles. The summed E-state index contributed by atoms with van der Waals surface area (Å²) in [6.07, 6.45) is 0. The number of rotatable bonds is 4. The summed E-state index contributed by atoms with van der Waals surface area (Å²) < 4.78 is 1.91. The van der Waals surface area contributed by atoms with Gasteiger partial charge in [-0.15, -0.1) is 0 Å². The van der Waals surface area contributed by atoms with Crippen LogP contribution in [0.25, 0.3) is 0 Å². The number of hydrogen-bond donors (Lipinski definition) is 2. The standard InChI is InChI=1S/C14H25N5O/c1-5-16-14(20)13-8-15-6-7-19(13)9-12-10(2)17-18(4)11(12)3/h13,15H,5-9H2,1-4H3,(H,16,20). The van der Waals surface area contributed by atoms with Crippen molar-refractivity contribution >= 4 is 5.91 Å². The first-order valence-corrected chi connectivity index (χ1v) is 7.26. The van der Waals surface area contributed by atoms with Crippen molar-refractivity contribution in [1.82, 2.24) is 25.3 Å². The van der Waals surface area contributed by atoms with E-state index in [0.717, 1.165) is 25.3 Å². The number of aryl methyl sites for hydroxylation is 2. The van der Waals surface area contributed by atoms with E-state index in [-0.39, 0.29) is 11.9 Å². The molecule has 6 nitrogen and oxygen atoms in total. The van der Waals surface area contributed by atoms with Gasteiger partial charge in [0.2, 0.25) is 5.91 Å². The van der Waals surface area contributed by atoms with Gasteiger partial charge in [0.25, 0.3) is 0 Å². The van der Waals surface area contributed by atoms with Crippen molar-refractivity contribution in [3.05, 3.63) is 17.0 Å². The molecule has 0 spiro atoms. The van der Waals surface area contributed by atoms with E-state index in [1.165, 1.54) is 11.3 Å². The van der Waals surface area contributed by atoms with Crippen molar-refractivity contribution in [1.29, 1.82) is 0 Å². The summed E-state index contributed by atoms with van der Waals surface area (Å²) in [5.74, 6) is 0.110. The Balaban J connectivity index is 2.14. The van der Waals surface area contributed by atoms with Crippen LogP contribution in [0.3, 0.4) is 0 Å². The SMILES string of the molecule is CCNC(=O)C1CNCCN1Cc1c(C)nn(C)c1C. The summed E-state index contributed by atoms with van der Waals surface area (Å²) >= 11 is 0. The summed E-state index contributed by atoms with van der Waals surface area (Å²) in [6.45, 7) is 10.1. The van der Waals surface area contributed by atoms with Crippen LogP contribution in [0.1, 0.15) is 23.9 Å². The molecule has 1 amide bonds. The fraction of sp³-hybridized carbons (Fsp3) is 0.714. The van der Waals surface area contributed by atoms with Crippen LogP contribution in [-0.2, 0) is 18.4 Å². The Morgan fingerprint density at radius 1 is 1.50 bits per heavy atom. The fourth-order valence-corrected chi connectivity index (χ4v) is 2.74. The normalized spacial score (nSPS) is 20.1. The first kappa shape index (κ1) is 15.0. The fourth-order valence-electron chi connectivity index (χ4n) is 2.74. The van der Waals surface area contributed by atoms with Crippen molar-refractivity contribution in [2.45, 2.75) is 33.4 Å². The molecule has 0 aliphatic carbocycles. The molecule has 2 N–H and O–H groups in total. The van der Waals surface area contributed by atoms with E-state index >= 15 is 0 Å². The third-order valence-electron chi connectivity index (χ3n) is 4.03. The third-order valence-corrected chi connectivity index (χ3v) is 4.03. The number of amides is 1. The largest absolute Gasteiger partial charge is 0.355 e. The highest BCUT2D eigenvalue weighted by molar-refractivity contribution is 5.82. The number of nitrogens with zero attached hydrogens (tertiary/aromatic N) is 3. The van der Waals surface area contributed by atoms with Crippen molar-refractivity contribution in [3.8, 4) is 0 Å². The average molecular weight is 279 g/mol. The van der Waals surface area contributed by atoms with Crippen molar-refractivity contribution in [2.75, 3.05) is 26.2 Å². The van der Waals surface area contributed by atoms with Gasteiger partial charge in [-0.2, -0.15) is 5.10 Å². The highest BCUT2D eigenvalue weighted by atomic mass is 16.2. The maximum Gasteiger partial charge on any atom is 0.238 e.